The Labute approximate surface area is 254 Å². The Morgan fingerprint density at radius 1 is 0.953 bits per heavy atom. The van der Waals surface area contributed by atoms with Crippen LogP contribution in [0.2, 0.25) is 0 Å². The molecule has 0 saturated carbocycles. The van der Waals surface area contributed by atoms with Crippen LogP contribution in [-0.2, 0) is 20.7 Å². The molecule has 3 aromatic carbocycles. The van der Waals surface area contributed by atoms with Crippen molar-refractivity contribution in [1.82, 2.24) is 9.80 Å². The maximum atomic E-state index is 14.2. The van der Waals surface area contributed by atoms with E-state index in [9.17, 15) is 14.4 Å². The number of carbonyl (C=O) groups excluding carboxylic acids is 3. The van der Waals surface area contributed by atoms with E-state index >= 15 is 0 Å². The fourth-order valence-electron chi connectivity index (χ4n) is 4.91. The summed E-state index contributed by atoms with van der Waals surface area (Å²) in [5, 5.41) is 2.82. The van der Waals surface area contributed by atoms with Crippen molar-refractivity contribution in [2.24, 2.45) is 0 Å². The van der Waals surface area contributed by atoms with E-state index in [-0.39, 0.29) is 17.1 Å². The van der Waals surface area contributed by atoms with Crippen LogP contribution in [0.25, 0.3) is 0 Å². The predicted octanol–water partition coefficient (Wildman–Crippen LogP) is 5.58. The molecule has 1 heterocycles. The summed E-state index contributed by atoms with van der Waals surface area (Å²) in [4.78, 5) is 44.7. The Morgan fingerprint density at radius 3 is 2.33 bits per heavy atom. The average Bonchev–Trinajstić information content (AvgIpc) is 3.29. The quantitative estimate of drug-likeness (QED) is 0.249. The maximum Gasteiger partial charge on any atom is 0.290 e. The normalized spacial score (nSPS) is 14.8. The van der Waals surface area contributed by atoms with Gasteiger partial charge in [-0.15, -0.1) is 0 Å². The van der Waals surface area contributed by atoms with E-state index in [1.165, 1.54) is 0 Å². The lowest BCUT2D eigenvalue weighted by molar-refractivity contribution is -0.131. The first-order valence-electron chi connectivity index (χ1n) is 14.8. The van der Waals surface area contributed by atoms with E-state index in [1.54, 1.807) is 17.0 Å². The third kappa shape index (κ3) is 7.90. The molecule has 0 saturated heterocycles. The number of nitrogens with zero attached hydrogens (tertiary/aromatic N) is 2. The van der Waals surface area contributed by atoms with Crippen molar-refractivity contribution in [2.75, 3.05) is 45.7 Å². The molecule has 0 spiro atoms. The van der Waals surface area contributed by atoms with Gasteiger partial charge in [0.15, 0.2) is 18.1 Å². The molecule has 0 fully saturated rings. The first-order valence-corrected chi connectivity index (χ1v) is 14.8. The van der Waals surface area contributed by atoms with Crippen LogP contribution in [0.3, 0.4) is 0 Å². The van der Waals surface area contributed by atoms with Crippen molar-refractivity contribution >= 4 is 23.3 Å². The second-order valence-electron chi connectivity index (χ2n) is 11.0. The van der Waals surface area contributed by atoms with E-state index in [0.717, 1.165) is 29.5 Å². The van der Waals surface area contributed by atoms with Crippen molar-refractivity contribution in [1.29, 1.82) is 0 Å². The number of anilines is 1. The third-order valence-corrected chi connectivity index (χ3v) is 7.27. The highest BCUT2D eigenvalue weighted by atomic mass is 16.5. The molecular weight excluding hydrogens is 542 g/mol. The number of hydrogen-bond acceptors (Lipinski definition) is 6. The molecule has 8 nitrogen and oxygen atoms in total. The van der Waals surface area contributed by atoms with Gasteiger partial charge in [-0.1, -0.05) is 67.9 Å². The number of amides is 2. The molecule has 8 heteroatoms. The number of nitrogens with one attached hydrogen (secondary N) is 1. The van der Waals surface area contributed by atoms with Crippen molar-refractivity contribution in [3.05, 3.63) is 106 Å². The first kappa shape index (κ1) is 31.5. The highest BCUT2D eigenvalue weighted by Crippen LogP contribution is 2.41. The average molecular weight is 584 g/mol. The van der Waals surface area contributed by atoms with E-state index in [2.05, 4.69) is 12.2 Å². The van der Waals surface area contributed by atoms with Crippen LogP contribution in [0.4, 0.5) is 5.69 Å². The number of ketones is 1. The zero-order chi connectivity index (χ0) is 30.9. The minimum absolute atomic E-state index is 0.106. The number of hydrogen-bond donors (Lipinski definition) is 1. The fraction of sp³-hybridized carbons (Fsp3) is 0.343. The minimum atomic E-state index is -0.717. The molecule has 0 unspecified atom stereocenters. The van der Waals surface area contributed by atoms with Gasteiger partial charge in [0.2, 0.25) is 0 Å². The number of likely N-dealkylation sites (N-methyl/N-ethyl adjacent to an activating group) is 1. The van der Waals surface area contributed by atoms with Crippen LogP contribution in [0.1, 0.15) is 53.4 Å². The molecule has 4 rings (SSSR count). The van der Waals surface area contributed by atoms with Crippen LogP contribution >= 0.6 is 0 Å². The van der Waals surface area contributed by atoms with Gasteiger partial charge in [-0.3, -0.25) is 14.4 Å². The van der Waals surface area contributed by atoms with Crippen molar-refractivity contribution in [3.63, 3.8) is 0 Å². The van der Waals surface area contributed by atoms with Gasteiger partial charge < -0.3 is 24.6 Å². The largest absolute Gasteiger partial charge is 0.494 e. The van der Waals surface area contributed by atoms with Gasteiger partial charge >= 0.3 is 0 Å². The number of Topliss-reactive ketones (excluding diaryl/α,β-unsaturated/α-hetero) is 1. The fourth-order valence-corrected chi connectivity index (χ4v) is 4.91. The van der Waals surface area contributed by atoms with E-state index in [4.69, 9.17) is 9.47 Å². The van der Waals surface area contributed by atoms with Gasteiger partial charge in [0.1, 0.15) is 5.75 Å². The molecule has 1 aliphatic rings. The lowest BCUT2D eigenvalue weighted by Crippen LogP contribution is -2.37. The molecule has 0 aromatic heterocycles. The van der Waals surface area contributed by atoms with Gasteiger partial charge in [0, 0.05) is 24.3 Å². The van der Waals surface area contributed by atoms with Crippen LogP contribution in [-0.4, -0.2) is 67.8 Å². The molecule has 3 aromatic rings. The number of carbonyl (C=O) groups is 3. The Balaban J connectivity index is 1.73. The molecular formula is C35H41N3O5. The Kier molecular flexibility index (Phi) is 10.7. The summed E-state index contributed by atoms with van der Waals surface area (Å²) in [6.07, 6.45) is 1.74. The highest BCUT2D eigenvalue weighted by molar-refractivity contribution is 6.16. The smallest absolute Gasteiger partial charge is 0.290 e. The molecule has 0 aliphatic carbocycles. The lowest BCUT2D eigenvalue weighted by Gasteiger charge is -2.28. The standard InChI is InChI=1S/C35H41N3O5/c1-6-21-42-29-10-8-9-27(22-29)32-31(33(40)26-15-11-24(3)12-16-26)34(35(41)38(32)20-19-37(4)5)43-23-30(39)36-28-17-13-25(7-2)14-18-28/h8-18,22,32H,6-7,19-21,23H2,1-5H3,(H,36,39)/t32-/m1/s1. The van der Waals surface area contributed by atoms with Crippen molar-refractivity contribution in [2.45, 2.75) is 39.7 Å². The van der Waals surface area contributed by atoms with E-state index in [1.807, 2.05) is 93.5 Å². The molecule has 226 valence electrons. The van der Waals surface area contributed by atoms with E-state index in [0.29, 0.717) is 36.7 Å². The summed E-state index contributed by atoms with van der Waals surface area (Å²) >= 11 is 0. The number of aryl methyl sites for hydroxylation is 2. The SMILES string of the molecule is CCCOc1cccc([C@@H]2C(C(=O)c3ccc(C)cc3)=C(OCC(=O)Nc3ccc(CC)cc3)C(=O)N2CCN(C)C)c1. The Bertz CT molecular complexity index is 1460. The summed E-state index contributed by atoms with van der Waals surface area (Å²) in [7, 11) is 3.85. The second kappa shape index (κ2) is 14.6. The van der Waals surface area contributed by atoms with Crippen LogP contribution in [0, 0.1) is 6.92 Å². The predicted molar refractivity (Wildman–Crippen MR) is 168 cm³/mol. The molecule has 1 N–H and O–H groups in total. The van der Waals surface area contributed by atoms with E-state index < -0.39 is 24.5 Å². The zero-order valence-corrected chi connectivity index (χ0v) is 25.7. The number of ether oxygens (including phenoxy) is 2. The van der Waals surface area contributed by atoms with Gasteiger partial charge in [-0.25, -0.2) is 0 Å². The molecule has 0 radical (unpaired) electrons. The number of rotatable bonds is 14. The number of benzene rings is 3. The molecule has 43 heavy (non-hydrogen) atoms. The molecule has 0 bridgehead atoms. The molecule has 1 aliphatic heterocycles. The summed E-state index contributed by atoms with van der Waals surface area (Å²) < 4.78 is 11.9. The van der Waals surface area contributed by atoms with Gasteiger partial charge in [0.05, 0.1) is 18.2 Å². The monoisotopic (exact) mass is 583 g/mol. The Hall–Kier alpha value is -4.43. The third-order valence-electron chi connectivity index (χ3n) is 7.27. The summed E-state index contributed by atoms with van der Waals surface area (Å²) in [5.41, 5.74) is 4.17. The maximum absolute atomic E-state index is 14.2. The van der Waals surface area contributed by atoms with Crippen LogP contribution < -0.4 is 10.1 Å². The first-order chi connectivity index (χ1) is 20.7. The minimum Gasteiger partial charge on any atom is -0.494 e. The van der Waals surface area contributed by atoms with Crippen molar-refractivity contribution < 1.29 is 23.9 Å². The molecule has 1 atom stereocenters. The zero-order valence-electron chi connectivity index (χ0n) is 25.7. The summed E-state index contributed by atoms with van der Waals surface area (Å²) in [5.74, 6) is -0.626. The summed E-state index contributed by atoms with van der Waals surface area (Å²) in [6.45, 7) is 7.09. The lowest BCUT2D eigenvalue weighted by atomic mass is 9.92. The van der Waals surface area contributed by atoms with Crippen LogP contribution in [0.5, 0.6) is 5.75 Å². The second-order valence-corrected chi connectivity index (χ2v) is 11.0. The van der Waals surface area contributed by atoms with Crippen molar-refractivity contribution in [3.8, 4) is 5.75 Å². The topological polar surface area (TPSA) is 88.2 Å². The Morgan fingerprint density at radius 2 is 1.67 bits per heavy atom. The summed E-state index contributed by atoms with van der Waals surface area (Å²) in [6, 6.07) is 21.5. The van der Waals surface area contributed by atoms with Gasteiger partial charge in [-0.2, -0.15) is 0 Å². The molecule has 2 amide bonds. The van der Waals surface area contributed by atoms with Gasteiger partial charge in [0.25, 0.3) is 11.8 Å². The highest BCUT2D eigenvalue weighted by Gasteiger charge is 2.45. The van der Waals surface area contributed by atoms with Crippen LogP contribution in [0.15, 0.2) is 84.1 Å². The van der Waals surface area contributed by atoms with Gasteiger partial charge in [-0.05, 0) is 69.3 Å².